The van der Waals surface area contributed by atoms with E-state index < -0.39 is 144 Å². The molecule has 0 saturated heterocycles. The molecule has 0 radical (unpaired) electrons. The lowest BCUT2D eigenvalue weighted by molar-refractivity contribution is -0.143. The summed E-state index contributed by atoms with van der Waals surface area (Å²) in [5.74, 6) is -11.2. The Labute approximate surface area is 452 Å². The average Bonchev–Trinajstić information content (AvgIpc) is 3.34. The lowest BCUT2D eigenvalue weighted by Gasteiger charge is -2.29. The van der Waals surface area contributed by atoms with E-state index in [4.69, 9.17) is 34.4 Å². The highest BCUT2D eigenvalue weighted by atomic mass is 16.4. The van der Waals surface area contributed by atoms with Gasteiger partial charge in [-0.25, -0.2) is 4.79 Å². The predicted octanol–water partition coefficient (Wildman–Crippen LogP) is -5.92. The Balaban J connectivity index is 3.57. The summed E-state index contributed by atoms with van der Waals surface area (Å²) in [6, 6.07) is -7.79. The number of nitrogens with two attached hydrogens (primary N) is 6. The van der Waals surface area contributed by atoms with Gasteiger partial charge in [0.15, 0.2) is 11.9 Å². The number of nitrogens with zero attached hydrogens (tertiary/aromatic N) is 2. The third-order valence-corrected chi connectivity index (χ3v) is 11.7. The normalized spacial score (nSPS) is 15.3. The fraction of sp³-hybridized carbons (Fsp3) is 0.625. The zero-order valence-electron chi connectivity index (χ0n) is 45.1. The van der Waals surface area contributed by atoms with Gasteiger partial charge in [-0.2, -0.15) is 0 Å². The van der Waals surface area contributed by atoms with Crippen molar-refractivity contribution in [2.45, 2.75) is 166 Å². The van der Waals surface area contributed by atoms with Gasteiger partial charge in [0.05, 0.1) is 12.2 Å². The highest BCUT2D eigenvalue weighted by Crippen LogP contribution is 2.14. The Morgan fingerprint density at radius 3 is 1.38 bits per heavy atom. The van der Waals surface area contributed by atoms with Crippen LogP contribution < -0.4 is 76.9 Å². The van der Waals surface area contributed by atoms with Crippen LogP contribution in [0.2, 0.25) is 0 Å². The van der Waals surface area contributed by atoms with E-state index in [0.717, 1.165) is 6.92 Å². The van der Waals surface area contributed by atoms with E-state index in [1.54, 1.807) is 27.7 Å². The van der Waals surface area contributed by atoms with Crippen molar-refractivity contribution < 1.29 is 68.4 Å². The summed E-state index contributed by atoms with van der Waals surface area (Å²) in [5, 5.41) is 59.9. The number of amides is 9. The minimum Gasteiger partial charge on any atom is -0.508 e. The van der Waals surface area contributed by atoms with Gasteiger partial charge in [-0.1, -0.05) is 39.8 Å². The number of carboxylic acids is 1. The average molecular weight is 1110 g/mol. The standard InChI is InChI=1S/C48H82N16O14/c1-22(2)20-32(43(74)63-36(23(3)4)46(77)78)61-38(69)24(5)57-39(70)29(10-8-18-55-47(51)52)60-45(76)37(26(7)66)64-41(72)30(11-9-19-56-48(53)54)58-40(71)31(16-17-34(49)68)59-42(73)33(62-44(75)35(50)25(6)65)21-27-12-14-28(67)15-13-27/h12-15,22-26,29-33,35-37,65-67H,8-11,16-21,50H2,1-7H3,(H2,49,68)(H,57,70)(H,58,71)(H,59,73)(H,60,76)(H,61,69)(H,62,75)(H,63,74)(H,64,72)(H,77,78)(H4,51,52,55)(H4,53,54,56). The quantitative estimate of drug-likeness (QED) is 0.0171. The number of aliphatic hydroxyl groups excluding tert-OH is 2. The lowest BCUT2D eigenvalue weighted by Crippen LogP contribution is -2.62. The number of aliphatic carboxylic acids is 1. The van der Waals surface area contributed by atoms with E-state index in [0.29, 0.717) is 5.56 Å². The van der Waals surface area contributed by atoms with Crippen molar-refractivity contribution in [3.05, 3.63) is 29.8 Å². The van der Waals surface area contributed by atoms with Crippen LogP contribution in [0.1, 0.15) is 99.0 Å². The maximum atomic E-state index is 14.2. The predicted molar refractivity (Wildman–Crippen MR) is 284 cm³/mol. The number of hydrogen-bond acceptors (Lipinski definition) is 16. The van der Waals surface area contributed by atoms with Crippen molar-refractivity contribution in [3.63, 3.8) is 0 Å². The smallest absolute Gasteiger partial charge is 0.326 e. The molecule has 0 spiro atoms. The van der Waals surface area contributed by atoms with E-state index in [1.165, 1.54) is 38.1 Å². The maximum absolute atomic E-state index is 14.2. The van der Waals surface area contributed by atoms with Gasteiger partial charge in [0, 0.05) is 25.9 Å². The van der Waals surface area contributed by atoms with E-state index in [-0.39, 0.29) is 75.2 Å². The number of primary amides is 1. The number of hydrogen-bond donors (Lipinski definition) is 18. The molecule has 78 heavy (non-hydrogen) atoms. The number of phenols is 1. The van der Waals surface area contributed by atoms with Crippen LogP contribution in [-0.4, -0.2) is 171 Å². The van der Waals surface area contributed by atoms with Crippen molar-refractivity contribution in [1.29, 1.82) is 0 Å². The summed E-state index contributed by atoms with van der Waals surface area (Å²) >= 11 is 0. The molecule has 438 valence electrons. The van der Waals surface area contributed by atoms with E-state index in [9.17, 15) is 68.4 Å². The molecule has 0 saturated carbocycles. The molecule has 0 fully saturated rings. The summed E-state index contributed by atoms with van der Waals surface area (Å²) in [6.45, 7) is 10.3. The van der Waals surface area contributed by atoms with Gasteiger partial charge >= 0.3 is 5.97 Å². The lowest BCUT2D eigenvalue weighted by atomic mass is 10.00. The first-order valence-electron chi connectivity index (χ1n) is 25.3. The Hall–Kier alpha value is -7.86. The monoisotopic (exact) mass is 1110 g/mol. The maximum Gasteiger partial charge on any atom is 0.326 e. The first-order valence-corrected chi connectivity index (χ1v) is 25.3. The van der Waals surface area contributed by atoms with Gasteiger partial charge in [-0.15, -0.1) is 0 Å². The highest BCUT2D eigenvalue weighted by Gasteiger charge is 2.36. The van der Waals surface area contributed by atoms with Crippen molar-refractivity contribution in [2.24, 2.45) is 56.2 Å². The molecule has 0 aliphatic heterocycles. The number of aliphatic hydroxyl groups is 2. The second kappa shape index (κ2) is 34.0. The number of aromatic hydroxyl groups is 1. The van der Waals surface area contributed by atoms with Gasteiger partial charge in [-0.3, -0.25) is 53.1 Å². The van der Waals surface area contributed by atoms with Gasteiger partial charge in [0.2, 0.25) is 53.2 Å². The molecule has 11 atom stereocenters. The zero-order valence-corrected chi connectivity index (χ0v) is 45.1. The summed E-state index contributed by atoms with van der Waals surface area (Å²) in [6.07, 6.45) is -4.42. The molecule has 0 bridgehead atoms. The van der Waals surface area contributed by atoms with Gasteiger partial charge < -0.3 is 97.4 Å². The molecule has 30 nitrogen and oxygen atoms in total. The van der Waals surface area contributed by atoms with Crippen molar-refractivity contribution in [1.82, 2.24) is 42.5 Å². The second-order valence-electron chi connectivity index (χ2n) is 19.5. The molecule has 0 aliphatic carbocycles. The number of carbonyl (C=O) groups is 10. The van der Waals surface area contributed by atoms with E-state index >= 15 is 0 Å². The van der Waals surface area contributed by atoms with E-state index in [1.807, 2.05) is 0 Å². The number of rotatable bonds is 35. The summed E-state index contributed by atoms with van der Waals surface area (Å²) < 4.78 is 0. The van der Waals surface area contributed by atoms with Crippen molar-refractivity contribution in [2.75, 3.05) is 13.1 Å². The molecule has 9 amide bonds. The number of phenolic OH excluding ortho intramolecular Hbond substituents is 1. The fourth-order valence-corrected chi connectivity index (χ4v) is 7.28. The van der Waals surface area contributed by atoms with Gasteiger partial charge in [0.1, 0.15) is 60.1 Å². The Morgan fingerprint density at radius 2 is 0.936 bits per heavy atom. The van der Waals surface area contributed by atoms with Crippen LogP contribution in [0, 0.1) is 11.8 Å². The minimum absolute atomic E-state index is 0.0118. The van der Waals surface area contributed by atoms with Crippen LogP contribution in [0.3, 0.4) is 0 Å². The summed E-state index contributed by atoms with van der Waals surface area (Å²) in [4.78, 5) is 141. The molecule has 11 unspecified atom stereocenters. The number of benzene rings is 1. The highest BCUT2D eigenvalue weighted by molar-refractivity contribution is 5.98. The molecule has 0 aliphatic rings. The third-order valence-electron chi connectivity index (χ3n) is 11.7. The molecule has 1 aromatic carbocycles. The first-order chi connectivity index (χ1) is 36.3. The number of aliphatic imine (C=N–C) groups is 2. The van der Waals surface area contributed by atoms with Crippen LogP contribution in [-0.2, 0) is 54.4 Å². The number of nitrogens with one attached hydrogen (secondary N) is 8. The van der Waals surface area contributed by atoms with E-state index in [2.05, 4.69) is 52.5 Å². The number of carboxylic acid groups (broad SMARTS) is 1. The number of guanidine groups is 2. The van der Waals surface area contributed by atoms with Crippen LogP contribution in [0.15, 0.2) is 34.3 Å². The van der Waals surface area contributed by atoms with Crippen LogP contribution in [0.5, 0.6) is 5.75 Å². The largest absolute Gasteiger partial charge is 0.508 e. The zero-order chi connectivity index (χ0) is 59.6. The Morgan fingerprint density at radius 1 is 0.513 bits per heavy atom. The van der Waals surface area contributed by atoms with Crippen molar-refractivity contribution >= 4 is 71.1 Å². The fourth-order valence-electron chi connectivity index (χ4n) is 7.28. The molecule has 0 aromatic heterocycles. The van der Waals surface area contributed by atoms with Crippen LogP contribution in [0.25, 0.3) is 0 Å². The third kappa shape index (κ3) is 25.8. The van der Waals surface area contributed by atoms with Crippen LogP contribution in [0.4, 0.5) is 0 Å². The topological polar surface area (TPSA) is 529 Å². The SMILES string of the molecule is CC(C)CC(NC(=O)C(C)NC(=O)C(CCCN=C(N)N)NC(=O)C(NC(=O)C(CCCN=C(N)N)NC(=O)C(CCC(N)=O)NC(=O)C(Cc1ccc(O)cc1)NC(=O)C(N)C(C)O)C(C)O)C(=O)NC(C(=O)O)C(C)C. The van der Waals surface area contributed by atoms with Gasteiger partial charge in [-0.05, 0) is 88.8 Å². The molecule has 24 N–H and O–H groups in total. The minimum atomic E-state index is -1.85. The number of carbonyl (C=O) groups excluding carboxylic acids is 9. The molecular weight excluding hydrogens is 1020 g/mol. The first kappa shape index (κ1) is 68.2. The Kier molecular flexibility index (Phi) is 29.7. The molecule has 1 aromatic rings. The van der Waals surface area contributed by atoms with Crippen molar-refractivity contribution in [3.8, 4) is 5.75 Å². The molecular formula is C48H82N16O14. The summed E-state index contributed by atoms with van der Waals surface area (Å²) in [7, 11) is 0. The summed E-state index contributed by atoms with van der Waals surface area (Å²) in [5.41, 5.74) is 33.5. The molecule has 1 rings (SSSR count). The second-order valence-corrected chi connectivity index (χ2v) is 19.5. The van der Waals surface area contributed by atoms with Crippen LogP contribution >= 0.6 is 0 Å². The molecule has 30 heteroatoms. The molecule has 0 heterocycles. The Bertz CT molecular complexity index is 2250. The van der Waals surface area contributed by atoms with Gasteiger partial charge in [0.25, 0.3) is 0 Å².